The molecule has 2 aromatic rings. The fourth-order valence-corrected chi connectivity index (χ4v) is 3.81. The fourth-order valence-electron chi connectivity index (χ4n) is 3.21. The average molecular weight is 405 g/mol. The lowest BCUT2D eigenvalue weighted by molar-refractivity contribution is 0.559. The van der Waals surface area contributed by atoms with Gasteiger partial charge in [-0.2, -0.15) is 0 Å². The summed E-state index contributed by atoms with van der Waals surface area (Å²) in [6, 6.07) is 14.1. The van der Waals surface area contributed by atoms with E-state index >= 15 is 0 Å². The molecular formula is C20H25FN4O2S. The molecule has 8 heteroatoms. The lowest BCUT2D eigenvalue weighted by Crippen LogP contribution is -2.41. The number of para-hydroxylation sites is 1. The molecule has 0 saturated heterocycles. The van der Waals surface area contributed by atoms with Crippen LogP contribution in [0, 0.1) is 5.82 Å². The third kappa shape index (κ3) is 5.01. The maximum Gasteiger partial charge on any atom is 0.229 e. The van der Waals surface area contributed by atoms with E-state index < -0.39 is 10.0 Å². The maximum atomic E-state index is 14.2. The number of anilines is 1. The van der Waals surface area contributed by atoms with Crippen molar-refractivity contribution in [2.45, 2.75) is 24.8 Å². The van der Waals surface area contributed by atoms with Gasteiger partial charge in [-0.3, -0.25) is 9.71 Å². The van der Waals surface area contributed by atoms with Crippen molar-refractivity contribution in [2.24, 2.45) is 4.99 Å². The normalized spacial score (nSPS) is 15.8. The van der Waals surface area contributed by atoms with Crippen LogP contribution in [-0.2, 0) is 22.0 Å². The van der Waals surface area contributed by atoms with Gasteiger partial charge < -0.3 is 10.6 Å². The average Bonchev–Trinajstić information content (AvgIpc) is 3.43. The minimum Gasteiger partial charge on any atom is -0.356 e. The number of benzene rings is 2. The van der Waals surface area contributed by atoms with Crippen molar-refractivity contribution in [1.29, 1.82) is 0 Å². The Morgan fingerprint density at radius 1 is 1.11 bits per heavy atom. The van der Waals surface area contributed by atoms with E-state index in [1.165, 1.54) is 6.07 Å². The van der Waals surface area contributed by atoms with Gasteiger partial charge in [0.25, 0.3) is 0 Å². The summed E-state index contributed by atoms with van der Waals surface area (Å²) in [5.74, 6) is 0.405. The molecule has 0 aromatic heterocycles. The predicted molar refractivity (Wildman–Crippen MR) is 110 cm³/mol. The molecule has 6 nitrogen and oxygen atoms in total. The van der Waals surface area contributed by atoms with Crippen molar-refractivity contribution in [2.75, 3.05) is 24.6 Å². The van der Waals surface area contributed by atoms with Crippen molar-refractivity contribution in [3.63, 3.8) is 0 Å². The van der Waals surface area contributed by atoms with E-state index in [0.717, 1.165) is 30.2 Å². The van der Waals surface area contributed by atoms with Crippen LogP contribution in [0.3, 0.4) is 0 Å². The van der Waals surface area contributed by atoms with Crippen LogP contribution in [-0.4, -0.2) is 34.2 Å². The number of nitrogens with zero attached hydrogens (tertiary/aromatic N) is 1. The zero-order valence-electron chi connectivity index (χ0n) is 16.0. The van der Waals surface area contributed by atoms with Crippen LogP contribution < -0.4 is 15.4 Å². The molecular weight excluding hydrogens is 379 g/mol. The monoisotopic (exact) mass is 404 g/mol. The van der Waals surface area contributed by atoms with Gasteiger partial charge in [-0.05, 0) is 36.1 Å². The highest BCUT2D eigenvalue weighted by molar-refractivity contribution is 7.92. The van der Waals surface area contributed by atoms with Crippen molar-refractivity contribution < 1.29 is 12.8 Å². The van der Waals surface area contributed by atoms with Crippen LogP contribution >= 0.6 is 0 Å². The van der Waals surface area contributed by atoms with E-state index in [1.807, 2.05) is 24.3 Å². The molecule has 1 aliphatic carbocycles. The first-order valence-electron chi connectivity index (χ1n) is 9.08. The molecule has 0 amide bonds. The fraction of sp³-hybridized carbons (Fsp3) is 0.350. The highest BCUT2D eigenvalue weighted by atomic mass is 32.2. The second-order valence-corrected chi connectivity index (χ2v) is 8.82. The topological polar surface area (TPSA) is 82.6 Å². The second kappa shape index (κ2) is 8.18. The van der Waals surface area contributed by atoms with E-state index in [4.69, 9.17) is 0 Å². The maximum absolute atomic E-state index is 14.2. The summed E-state index contributed by atoms with van der Waals surface area (Å²) >= 11 is 0. The number of nitrogens with one attached hydrogen (secondary N) is 3. The van der Waals surface area contributed by atoms with Gasteiger partial charge in [0.15, 0.2) is 5.96 Å². The van der Waals surface area contributed by atoms with Crippen molar-refractivity contribution in [3.8, 4) is 0 Å². The van der Waals surface area contributed by atoms with Gasteiger partial charge in [0.05, 0.1) is 11.9 Å². The molecule has 0 spiro atoms. The molecule has 0 radical (unpaired) electrons. The molecule has 0 bridgehead atoms. The number of guanidine groups is 1. The summed E-state index contributed by atoms with van der Waals surface area (Å²) in [5, 5.41) is 6.46. The minimum absolute atomic E-state index is 0.175. The summed E-state index contributed by atoms with van der Waals surface area (Å²) < 4.78 is 39.7. The Bertz CT molecular complexity index is 972. The van der Waals surface area contributed by atoms with E-state index in [9.17, 15) is 12.8 Å². The second-order valence-electron chi connectivity index (χ2n) is 7.07. The predicted octanol–water partition coefficient (Wildman–Crippen LogP) is 2.59. The lowest BCUT2D eigenvalue weighted by atomic mass is 9.95. The molecule has 0 aliphatic heterocycles. The largest absolute Gasteiger partial charge is 0.356 e. The van der Waals surface area contributed by atoms with Gasteiger partial charge in [-0.1, -0.05) is 36.4 Å². The van der Waals surface area contributed by atoms with Gasteiger partial charge in [0, 0.05) is 25.6 Å². The number of halogens is 1. The zero-order valence-corrected chi connectivity index (χ0v) is 16.8. The highest BCUT2D eigenvalue weighted by Gasteiger charge is 2.45. The molecule has 3 rings (SSSR count). The van der Waals surface area contributed by atoms with Crippen molar-refractivity contribution >= 4 is 21.7 Å². The summed E-state index contributed by atoms with van der Waals surface area (Å²) in [4.78, 5) is 4.22. The SMILES string of the molecule is CN=C(NCc1ccccc1NS(C)(=O)=O)NCC1(c2ccccc2F)CC1. The molecule has 1 saturated carbocycles. The Hall–Kier alpha value is -2.61. The molecule has 0 atom stereocenters. The smallest absolute Gasteiger partial charge is 0.229 e. The summed E-state index contributed by atoms with van der Waals surface area (Å²) in [5.41, 5.74) is 1.86. The molecule has 1 aliphatic rings. The number of sulfonamides is 1. The first kappa shape index (κ1) is 20.1. The molecule has 0 heterocycles. The molecule has 2 aromatic carbocycles. The Morgan fingerprint density at radius 3 is 2.43 bits per heavy atom. The van der Waals surface area contributed by atoms with E-state index in [2.05, 4.69) is 20.3 Å². The first-order chi connectivity index (χ1) is 13.3. The van der Waals surface area contributed by atoms with E-state index in [-0.39, 0.29) is 11.2 Å². The molecule has 3 N–H and O–H groups in total. The van der Waals surface area contributed by atoms with Gasteiger partial charge in [-0.25, -0.2) is 12.8 Å². The zero-order chi connectivity index (χ0) is 20.2. The summed E-state index contributed by atoms with van der Waals surface area (Å²) in [6.07, 6.45) is 2.98. The standard InChI is InChI=1S/C20H25FN4O2S/c1-22-19(23-13-15-7-3-6-10-18(15)25-28(2,26)27)24-14-20(11-12-20)16-8-4-5-9-17(16)21/h3-10,25H,11-14H2,1-2H3,(H2,22,23,24). The minimum atomic E-state index is -3.36. The quantitative estimate of drug-likeness (QED) is 0.489. The Kier molecular flexibility index (Phi) is 5.88. The Morgan fingerprint density at radius 2 is 1.79 bits per heavy atom. The van der Waals surface area contributed by atoms with Crippen LogP contribution in [0.15, 0.2) is 53.5 Å². The van der Waals surface area contributed by atoms with E-state index in [0.29, 0.717) is 24.7 Å². The molecule has 150 valence electrons. The van der Waals surface area contributed by atoms with Crippen molar-refractivity contribution in [3.05, 3.63) is 65.5 Å². The molecule has 28 heavy (non-hydrogen) atoms. The van der Waals surface area contributed by atoms with Crippen LogP contribution in [0.5, 0.6) is 0 Å². The summed E-state index contributed by atoms with van der Waals surface area (Å²) in [6.45, 7) is 0.974. The van der Waals surface area contributed by atoms with Gasteiger partial charge in [0.1, 0.15) is 5.82 Å². The van der Waals surface area contributed by atoms with Gasteiger partial charge in [0.2, 0.25) is 10.0 Å². The van der Waals surface area contributed by atoms with E-state index in [1.54, 1.807) is 25.2 Å². The number of hydrogen-bond donors (Lipinski definition) is 3. The number of hydrogen-bond acceptors (Lipinski definition) is 3. The van der Waals surface area contributed by atoms with Crippen LogP contribution in [0.1, 0.15) is 24.0 Å². The third-order valence-corrected chi connectivity index (χ3v) is 5.47. The third-order valence-electron chi connectivity index (χ3n) is 4.88. The van der Waals surface area contributed by atoms with Gasteiger partial charge in [-0.15, -0.1) is 0 Å². The number of rotatable bonds is 7. The molecule has 1 fully saturated rings. The van der Waals surface area contributed by atoms with Gasteiger partial charge >= 0.3 is 0 Å². The van der Waals surface area contributed by atoms with Crippen LogP contribution in [0.4, 0.5) is 10.1 Å². The first-order valence-corrected chi connectivity index (χ1v) is 11.0. The molecule has 0 unspecified atom stereocenters. The Balaban J connectivity index is 1.62. The van der Waals surface area contributed by atoms with Crippen molar-refractivity contribution in [1.82, 2.24) is 10.6 Å². The lowest BCUT2D eigenvalue weighted by Gasteiger charge is -2.20. The number of aliphatic imine (C=N–C) groups is 1. The summed E-state index contributed by atoms with van der Waals surface area (Å²) in [7, 11) is -1.69. The Labute approximate surface area is 165 Å². The highest BCUT2D eigenvalue weighted by Crippen LogP contribution is 2.48. The van der Waals surface area contributed by atoms with Crippen LogP contribution in [0.2, 0.25) is 0 Å². The van der Waals surface area contributed by atoms with Crippen LogP contribution in [0.25, 0.3) is 0 Å².